The zero-order chi connectivity index (χ0) is 30.2. The standard InChI is InChI=1S/C33H37N5O5/c39-29(33(43)35-24-12-5-2-6-13-24)27(20-23-17-18-34-30(23)40)37-32(42)28(19-21-9-3-1-4-10-21)38-31(41)26-16-15-22-11-7-8-14-25(22)36-26/h1,3-4,7-11,14-16,23-24,27-28H,2,5-6,12-13,17-20H2,(H,34,40)(H,35,43)(H,37,42)(H,38,41)/t23-,27-,28-/m0/s1. The van der Waals surface area contributed by atoms with Gasteiger partial charge in [0.1, 0.15) is 11.7 Å². The van der Waals surface area contributed by atoms with E-state index in [1.165, 1.54) is 0 Å². The molecule has 1 saturated carbocycles. The minimum absolute atomic E-state index is 0.00722. The van der Waals surface area contributed by atoms with Crippen LogP contribution in [0.1, 0.15) is 61.0 Å². The summed E-state index contributed by atoms with van der Waals surface area (Å²) >= 11 is 0. The van der Waals surface area contributed by atoms with Crippen molar-refractivity contribution in [3.8, 4) is 0 Å². The summed E-state index contributed by atoms with van der Waals surface area (Å²) in [6.07, 6.45) is 5.30. The van der Waals surface area contributed by atoms with E-state index in [0.717, 1.165) is 43.1 Å². The van der Waals surface area contributed by atoms with Gasteiger partial charge in [0.2, 0.25) is 17.6 Å². The molecule has 1 aliphatic carbocycles. The number of Topliss-reactive ketones (excluding diaryl/α,β-unsaturated/α-hetero) is 1. The van der Waals surface area contributed by atoms with Gasteiger partial charge in [-0.15, -0.1) is 0 Å². The molecule has 3 atom stereocenters. The molecule has 1 aromatic heterocycles. The lowest BCUT2D eigenvalue weighted by molar-refractivity contribution is -0.141. The first kappa shape index (κ1) is 29.9. The number of amides is 4. The highest BCUT2D eigenvalue weighted by molar-refractivity contribution is 6.38. The Morgan fingerprint density at radius 3 is 2.33 bits per heavy atom. The normalized spacial score (nSPS) is 18.3. The van der Waals surface area contributed by atoms with E-state index < -0.39 is 41.5 Å². The molecule has 224 valence electrons. The average molecular weight is 584 g/mol. The summed E-state index contributed by atoms with van der Waals surface area (Å²) in [7, 11) is 0. The smallest absolute Gasteiger partial charge is 0.289 e. The molecule has 4 amide bonds. The summed E-state index contributed by atoms with van der Waals surface area (Å²) in [4.78, 5) is 70.4. The van der Waals surface area contributed by atoms with Crippen LogP contribution in [0.2, 0.25) is 0 Å². The number of nitrogens with one attached hydrogen (secondary N) is 4. The van der Waals surface area contributed by atoms with Crippen molar-refractivity contribution in [2.45, 2.75) is 69.5 Å². The molecule has 2 heterocycles. The first-order valence-electron chi connectivity index (χ1n) is 15.0. The molecule has 0 spiro atoms. The van der Waals surface area contributed by atoms with Gasteiger partial charge in [0, 0.05) is 30.3 Å². The molecule has 4 N–H and O–H groups in total. The van der Waals surface area contributed by atoms with E-state index in [9.17, 15) is 24.0 Å². The Morgan fingerprint density at radius 2 is 1.58 bits per heavy atom. The lowest BCUT2D eigenvalue weighted by atomic mass is 9.93. The molecule has 0 bridgehead atoms. The van der Waals surface area contributed by atoms with E-state index in [1.807, 2.05) is 48.5 Å². The summed E-state index contributed by atoms with van der Waals surface area (Å²) in [5.74, 6) is -3.45. The third-order valence-electron chi connectivity index (χ3n) is 8.22. The van der Waals surface area contributed by atoms with Crippen molar-refractivity contribution in [2.24, 2.45) is 5.92 Å². The molecule has 1 aliphatic heterocycles. The molecule has 2 fully saturated rings. The first-order chi connectivity index (χ1) is 20.9. The first-order valence-corrected chi connectivity index (χ1v) is 15.0. The van der Waals surface area contributed by atoms with Gasteiger partial charge in [-0.1, -0.05) is 73.9 Å². The Bertz CT molecular complexity index is 1490. The van der Waals surface area contributed by atoms with E-state index in [2.05, 4.69) is 26.3 Å². The second kappa shape index (κ2) is 14.0. The van der Waals surface area contributed by atoms with Gasteiger partial charge in [0.05, 0.1) is 11.6 Å². The quantitative estimate of drug-likeness (QED) is 0.255. The van der Waals surface area contributed by atoms with Crippen molar-refractivity contribution < 1.29 is 24.0 Å². The van der Waals surface area contributed by atoms with Crippen molar-refractivity contribution in [3.63, 3.8) is 0 Å². The number of benzene rings is 2. The fourth-order valence-electron chi connectivity index (χ4n) is 5.80. The fraction of sp³-hybridized carbons (Fsp3) is 0.394. The summed E-state index contributed by atoms with van der Waals surface area (Å²) < 4.78 is 0. The van der Waals surface area contributed by atoms with Gasteiger partial charge in [-0.05, 0) is 43.4 Å². The van der Waals surface area contributed by atoms with Crippen LogP contribution in [-0.2, 0) is 25.6 Å². The molecule has 10 heteroatoms. The number of aromatic nitrogens is 1. The van der Waals surface area contributed by atoms with Gasteiger partial charge >= 0.3 is 0 Å². The number of pyridine rings is 1. The van der Waals surface area contributed by atoms with E-state index in [1.54, 1.807) is 18.2 Å². The van der Waals surface area contributed by atoms with Crippen molar-refractivity contribution >= 4 is 40.3 Å². The number of carbonyl (C=O) groups excluding carboxylic acids is 5. The van der Waals surface area contributed by atoms with E-state index in [0.29, 0.717) is 18.5 Å². The average Bonchev–Trinajstić information content (AvgIpc) is 3.44. The van der Waals surface area contributed by atoms with Gasteiger partial charge in [-0.3, -0.25) is 24.0 Å². The fourth-order valence-corrected chi connectivity index (χ4v) is 5.80. The van der Waals surface area contributed by atoms with Gasteiger partial charge < -0.3 is 21.3 Å². The second-order valence-corrected chi connectivity index (χ2v) is 11.4. The van der Waals surface area contributed by atoms with Crippen LogP contribution in [0.5, 0.6) is 0 Å². The van der Waals surface area contributed by atoms with Crippen LogP contribution in [-0.4, -0.2) is 59.1 Å². The van der Waals surface area contributed by atoms with Crippen LogP contribution in [0.25, 0.3) is 10.9 Å². The van der Waals surface area contributed by atoms with Crippen LogP contribution in [0.3, 0.4) is 0 Å². The third-order valence-corrected chi connectivity index (χ3v) is 8.22. The number of rotatable bonds is 11. The lowest BCUT2D eigenvalue weighted by Gasteiger charge is -2.26. The minimum Gasteiger partial charge on any atom is -0.356 e. The Kier molecular flexibility index (Phi) is 9.76. The topological polar surface area (TPSA) is 146 Å². The predicted octanol–water partition coefficient (Wildman–Crippen LogP) is 2.60. The molecule has 1 saturated heterocycles. The predicted molar refractivity (Wildman–Crippen MR) is 161 cm³/mol. The SMILES string of the molecule is O=C(NC1CCCCC1)C(=O)[C@H](C[C@@H]1CCNC1=O)NC(=O)[C@H](Cc1ccccc1)NC(=O)c1ccc2ccccc2n1. The summed E-state index contributed by atoms with van der Waals surface area (Å²) in [6, 6.07) is 17.6. The monoisotopic (exact) mass is 583 g/mol. The van der Waals surface area contributed by atoms with Crippen LogP contribution >= 0.6 is 0 Å². The molecule has 10 nitrogen and oxygen atoms in total. The summed E-state index contributed by atoms with van der Waals surface area (Å²) in [6.45, 7) is 0.470. The molecule has 2 aromatic carbocycles. The van der Waals surface area contributed by atoms with Crippen LogP contribution in [0.15, 0.2) is 66.7 Å². The van der Waals surface area contributed by atoms with E-state index >= 15 is 0 Å². The van der Waals surface area contributed by atoms with Crippen molar-refractivity contribution in [1.82, 2.24) is 26.3 Å². The molecule has 0 radical (unpaired) electrons. The molecule has 2 aliphatic rings. The molecule has 3 aromatic rings. The number of carbonyl (C=O) groups is 5. The molecule has 5 rings (SSSR count). The van der Waals surface area contributed by atoms with E-state index in [-0.39, 0.29) is 30.5 Å². The molecular formula is C33H37N5O5. The number of para-hydroxylation sites is 1. The number of nitrogens with zero attached hydrogens (tertiary/aromatic N) is 1. The zero-order valence-electron chi connectivity index (χ0n) is 24.0. The minimum atomic E-state index is -1.22. The molecule has 0 unspecified atom stereocenters. The third kappa shape index (κ3) is 7.82. The maximum atomic E-state index is 13.8. The van der Waals surface area contributed by atoms with E-state index in [4.69, 9.17) is 0 Å². The lowest BCUT2D eigenvalue weighted by Crippen LogP contribution is -2.56. The van der Waals surface area contributed by atoms with Crippen molar-refractivity contribution in [2.75, 3.05) is 6.54 Å². The largest absolute Gasteiger partial charge is 0.356 e. The maximum Gasteiger partial charge on any atom is 0.289 e. The number of ketones is 1. The van der Waals surface area contributed by atoms with Gasteiger partial charge in [0.15, 0.2) is 0 Å². The van der Waals surface area contributed by atoms with Gasteiger partial charge in [-0.25, -0.2) is 4.98 Å². The van der Waals surface area contributed by atoms with Gasteiger partial charge in [-0.2, -0.15) is 0 Å². The Labute approximate surface area is 250 Å². The van der Waals surface area contributed by atoms with Crippen LogP contribution in [0.4, 0.5) is 0 Å². The van der Waals surface area contributed by atoms with Gasteiger partial charge in [0.25, 0.3) is 11.8 Å². The summed E-state index contributed by atoms with van der Waals surface area (Å²) in [5, 5.41) is 12.0. The Morgan fingerprint density at radius 1 is 0.837 bits per heavy atom. The van der Waals surface area contributed by atoms with Crippen molar-refractivity contribution in [1.29, 1.82) is 0 Å². The zero-order valence-corrected chi connectivity index (χ0v) is 24.0. The van der Waals surface area contributed by atoms with Crippen LogP contribution < -0.4 is 21.3 Å². The number of fused-ring (bicyclic) bond motifs is 1. The number of hydrogen-bond donors (Lipinski definition) is 4. The number of hydrogen-bond acceptors (Lipinski definition) is 6. The Hall–Kier alpha value is -4.60. The van der Waals surface area contributed by atoms with Crippen molar-refractivity contribution in [3.05, 3.63) is 78.0 Å². The molecule has 43 heavy (non-hydrogen) atoms. The second-order valence-electron chi connectivity index (χ2n) is 11.4. The Balaban J connectivity index is 1.35. The highest BCUT2D eigenvalue weighted by atomic mass is 16.2. The highest BCUT2D eigenvalue weighted by Gasteiger charge is 2.36. The maximum absolute atomic E-state index is 13.8. The molecular weight excluding hydrogens is 546 g/mol. The van der Waals surface area contributed by atoms with Crippen LogP contribution in [0, 0.1) is 5.92 Å². The summed E-state index contributed by atoms with van der Waals surface area (Å²) in [5.41, 5.74) is 1.58. The highest BCUT2D eigenvalue weighted by Crippen LogP contribution is 2.20.